The van der Waals surface area contributed by atoms with E-state index in [1.54, 1.807) is 0 Å². The molecule has 0 bridgehead atoms. The van der Waals surface area contributed by atoms with Crippen molar-refractivity contribution in [2.24, 2.45) is 0 Å². The molecule has 0 unspecified atom stereocenters. The first-order valence-corrected chi connectivity index (χ1v) is 8.95. The molecule has 0 aliphatic heterocycles. The highest BCUT2D eigenvalue weighted by molar-refractivity contribution is 7.98. The zero-order chi connectivity index (χ0) is 13.6. The van der Waals surface area contributed by atoms with E-state index in [0.717, 1.165) is 37.7 Å². The van der Waals surface area contributed by atoms with Gasteiger partial charge in [-0.05, 0) is 23.7 Å². The van der Waals surface area contributed by atoms with Crippen molar-refractivity contribution in [3.63, 3.8) is 0 Å². The second-order valence-corrected chi connectivity index (χ2v) is 5.77. The monoisotopic (exact) mass is 286 g/mol. The van der Waals surface area contributed by atoms with Crippen LogP contribution in [0.5, 0.6) is 0 Å². The molecule has 0 atom stereocenters. The molecule has 0 fully saturated rings. The van der Waals surface area contributed by atoms with E-state index in [9.17, 15) is 0 Å². The van der Waals surface area contributed by atoms with Crippen molar-refractivity contribution in [1.29, 1.82) is 0 Å². The van der Waals surface area contributed by atoms with Crippen molar-refractivity contribution in [3.05, 3.63) is 36.5 Å². The van der Waals surface area contributed by atoms with Gasteiger partial charge in [-0.2, -0.15) is 23.5 Å². The Balaban J connectivity index is 4.16. The molecule has 0 heterocycles. The Bertz CT molecular complexity index is 237. The zero-order valence-corrected chi connectivity index (χ0v) is 13.3. The molecule has 0 saturated carbocycles. The third-order valence-electron chi connectivity index (χ3n) is 2.50. The highest BCUT2D eigenvalue weighted by Gasteiger charge is 2.00. The van der Waals surface area contributed by atoms with Gasteiger partial charge in [-0.3, -0.25) is 0 Å². The van der Waals surface area contributed by atoms with Crippen LogP contribution in [0.25, 0.3) is 0 Å². The summed E-state index contributed by atoms with van der Waals surface area (Å²) in [4.78, 5) is 0. The molecule has 0 amide bonds. The van der Waals surface area contributed by atoms with E-state index in [0.29, 0.717) is 0 Å². The Labute approximate surface area is 121 Å². The summed E-state index contributed by atoms with van der Waals surface area (Å²) >= 11 is 3.71. The molecular weight excluding hydrogens is 260 g/mol. The fourth-order valence-corrected chi connectivity index (χ4v) is 2.13. The topological polar surface area (TPSA) is 24.1 Å². The summed E-state index contributed by atoms with van der Waals surface area (Å²) in [6.07, 6.45) is 8.10. The standard InChI is InChI=1S/C14H26N2S2/c1-5-13(11-15-7-9-17-3)14(6-2)12-16-8-10-18-4/h5-6,15-16H,1-2,7-12H2,3-4H3/b14-13-. The van der Waals surface area contributed by atoms with Crippen molar-refractivity contribution in [2.75, 3.05) is 50.2 Å². The maximum atomic E-state index is 3.89. The van der Waals surface area contributed by atoms with Crippen molar-refractivity contribution in [1.82, 2.24) is 10.6 Å². The van der Waals surface area contributed by atoms with Gasteiger partial charge >= 0.3 is 0 Å². The average molecular weight is 287 g/mol. The van der Waals surface area contributed by atoms with Crippen molar-refractivity contribution >= 4 is 23.5 Å². The second-order valence-electron chi connectivity index (χ2n) is 3.80. The van der Waals surface area contributed by atoms with Crippen LogP contribution in [0.2, 0.25) is 0 Å². The van der Waals surface area contributed by atoms with Crippen molar-refractivity contribution in [3.8, 4) is 0 Å². The highest BCUT2D eigenvalue weighted by Crippen LogP contribution is 2.05. The van der Waals surface area contributed by atoms with E-state index in [4.69, 9.17) is 0 Å². The number of rotatable bonds is 12. The normalized spacial score (nSPS) is 12.1. The molecule has 104 valence electrons. The molecule has 18 heavy (non-hydrogen) atoms. The molecule has 0 spiro atoms. The van der Waals surface area contributed by atoms with Gasteiger partial charge in [0.05, 0.1) is 0 Å². The van der Waals surface area contributed by atoms with Crippen LogP contribution in [0.4, 0.5) is 0 Å². The molecular formula is C14H26N2S2. The largest absolute Gasteiger partial charge is 0.312 e. The fourth-order valence-electron chi connectivity index (χ4n) is 1.43. The van der Waals surface area contributed by atoms with E-state index >= 15 is 0 Å². The highest BCUT2D eigenvalue weighted by atomic mass is 32.2. The lowest BCUT2D eigenvalue weighted by Gasteiger charge is -2.11. The molecule has 0 aliphatic rings. The minimum Gasteiger partial charge on any atom is -0.312 e. The summed E-state index contributed by atoms with van der Waals surface area (Å²) in [6, 6.07) is 0. The maximum absolute atomic E-state index is 3.89. The predicted molar refractivity (Wildman–Crippen MR) is 89.9 cm³/mol. The van der Waals surface area contributed by atoms with Crippen LogP contribution in [-0.2, 0) is 0 Å². The Morgan fingerprint density at radius 2 is 1.28 bits per heavy atom. The van der Waals surface area contributed by atoms with E-state index in [1.165, 1.54) is 11.1 Å². The summed E-state index contributed by atoms with van der Waals surface area (Å²) in [7, 11) is 0. The fraction of sp³-hybridized carbons (Fsp3) is 0.571. The van der Waals surface area contributed by atoms with Crippen LogP contribution >= 0.6 is 23.5 Å². The molecule has 0 aromatic rings. The first-order valence-electron chi connectivity index (χ1n) is 6.16. The number of hydrogen-bond donors (Lipinski definition) is 2. The summed E-state index contributed by atoms with van der Waals surface area (Å²) in [5.41, 5.74) is 2.48. The minimum atomic E-state index is 0.871. The summed E-state index contributed by atoms with van der Waals surface area (Å²) in [5, 5.41) is 6.85. The lowest BCUT2D eigenvalue weighted by Crippen LogP contribution is -2.24. The Hall–Kier alpha value is -0.160. The molecule has 0 saturated heterocycles. The smallest absolute Gasteiger partial charge is 0.0208 e. The van der Waals surface area contributed by atoms with Gasteiger partial charge < -0.3 is 10.6 Å². The Morgan fingerprint density at radius 3 is 1.56 bits per heavy atom. The molecule has 0 aliphatic carbocycles. The average Bonchev–Trinajstić information content (AvgIpc) is 2.40. The van der Waals surface area contributed by atoms with Crippen LogP contribution in [-0.4, -0.2) is 50.2 Å². The van der Waals surface area contributed by atoms with Crippen LogP contribution in [0.15, 0.2) is 36.5 Å². The quantitative estimate of drug-likeness (QED) is 0.425. The minimum absolute atomic E-state index is 0.871. The third kappa shape index (κ3) is 8.86. The summed E-state index contributed by atoms with van der Waals surface area (Å²) in [5.74, 6) is 2.28. The number of nitrogens with one attached hydrogen (secondary N) is 2. The lowest BCUT2D eigenvalue weighted by molar-refractivity contribution is 0.762. The molecule has 0 rings (SSSR count). The van der Waals surface area contributed by atoms with Gasteiger partial charge in [-0.25, -0.2) is 0 Å². The van der Waals surface area contributed by atoms with Gasteiger partial charge in [0.2, 0.25) is 0 Å². The Morgan fingerprint density at radius 1 is 0.889 bits per heavy atom. The zero-order valence-electron chi connectivity index (χ0n) is 11.6. The second kappa shape index (κ2) is 13.3. The Kier molecular flexibility index (Phi) is 13.2. The van der Waals surface area contributed by atoms with Gasteiger partial charge in [-0.15, -0.1) is 0 Å². The van der Waals surface area contributed by atoms with Crippen LogP contribution < -0.4 is 10.6 Å². The van der Waals surface area contributed by atoms with Gasteiger partial charge in [0, 0.05) is 37.7 Å². The lowest BCUT2D eigenvalue weighted by atomic mass is 10.1. The van der Waals surface area contributed by atoms with Gasteiger partial charge in [-0.1, -0.05) is 25.3 Å². The number of hydrogen-bond acceptors (Lipinski definition) is 4. The summed E-state index contributed by atoms with van der Waals surface area (Å²) < 4.78 is 0. The molecule has 0 radical (unpaired) electrons. The molecule has 2 nitrogen and oxygen atoms in total. The van der Waals surface area contributed by atoms with E-state index in [-0.39, 0.29) is 0 Å². The molecule has 2 N–H and O–H groups in total. The third-order valence-corrected chi connectivity index (χ3v) is 3.73. The van der Waals surface area contributed by atoms with Crippen LogP contribution in [0.1, 0.15) is 0 Å². The molecule has 0 aromatic heterocycles. The first kappa shape index (κ1) is 17.8. The van der Waals surface area contributed by atoms with Gasteiger partial charge in [0.1, 0.15) is 0 Å². The van der Waals surface area contributed by atoms with Gasteiger partial charge in [0.25, 0.3) is 0 Å². The SMILES string of the molecule is C=C/C(CNCCSC)=C(\C=C)CNCCSC. The maximum Gasteiger partial charge on any atom is 0.0208 e. The van der Waals surface area contributed by atoms with E-state index in [2.05, 4.69) is 36.3 Å². The number of thioether (sulfide) groups is 2. The van der Waals surface area contributed by atoms with Crippen LogP contribution in [0.3, 0.4) is 0 Å². The predicted octanol–water partition coefficient (Wildman–Crippen LogP) is 2.56. The molecule has 0 aromatic carbocycles. The van der Waals surface area contributed by atoms with Gasteiger partial charge in [0.15, 0.2) is 0 Å². The van der Waals surface area contributed by atoms with Crippen LogP contribution in [0, 0.1) is 0 Å². The van der Waals surface area contributed by atoms with Crippen molar-refractivity contribution < 1.29 is 0 Å². The van der Waals surface area contributed by atoms with E-state index < -0.39 is 0 Å². The first-order chi connectivity index (χ1) is 8.79. The summed E-state index contributed by atoms with van der Waals surface area (Å²) in [6.45, 7) is 11.6. The van der Waals surface area contributed by atoms with E-state index in [1.807, 2.05) is 35.7 Å². The molecule has 4 heteroatoms. The van der Waals surface area contributed by atoms with Crippen molar-refractivity contribution in [2.45, 2.75) is 0 Å².